The van der Waals surface area contributed by atoms with Crippen molar-refractivity contribution in [3.63, 3.8) is 0 Å². The van der Waals surface area contributed by atoms with E-state index in [0.29, 0.717) is 4.77 Å². The first-order valence-corrected chi connectivity index (χ1v) is 3.19. The van der Waals surface area contributed by atoms with Crippen molar-refractivity contribution >= 4 is 12.2 Å². The van der Waals surface area contributed by atoms with E-state index < -0.39 is 0 Å². The molecule has 0 spiro atoms. The van der Waals surface area contributed by atoms with Crippen LogP contribution in [0.15, 0.2) is 6.07 Å². The van der Waals surface area contributed by atoms with Gasteiger partial charge in [-0.25, -0.2) is 9.97 Å². The van der Waals surface area contributed by atoms with Gasteiger partial charge < -0.3 is 17.0 Å². The third kappa shape index (κ3) is 2.58. The molecular weight excluding hydrogens is 212 g/mol. The molecule has 0 aliphatic rings. The van der Waals surface area contributed by atoms with Gasteiger partial charge in [0.1, 0.15) is 11.4 Å². The summed E-state index contributed by atoms with van der Waals surface area (Å²) in [5, 5.41) is 0. The van der Waals surface area contributed by atoms with Gasteiger partial charge in [0.2, 0.25) is 0 Å². The van der Waals surface area contributed by atoms with Crippen LogP contribution < -0.4 is 22.0 Å². The van der Waals surface area contributed by atoms with Crippen LogP contribution in [-0.4, -0.2) is 4.98 Å². The average Bonchev–Trinajstić information content (AvgIpc) is 1.59. The summed E-state index contributed by atoms with van der Waals surface area (Å²) in [5.41, 5.74) is 2.19. The summed E-state index contributed by atoms with van der Waals surface area (Å²) in [5.74, 6) is 0. The van der Waals surface area contributed by atoms with Gasteiger partial charge in [-0.1, -0.05) is 0 Å². The minimum Gasteiger partial charge on any atom is -1.00 e. The molecule has 0 fully saturated rings. The van der Waals surface area contributed by atoms with Crippen molar-refractivity contribution in [3.05, 3.63) is 22.2 Å². The molecule has 0 amide bonds. The Morgan fingerprint density at radius 3 is 2.50 bits per heavy atom. The van der Waals surface area contributed by atoms with Crippen LogP contribution in [0.4, 0.5) is 0 Å². The fourth-order valence-electron chi connectivity index (χ4n) is 0.786. The molecule has 10 heavy (non-hydrogen) atoms. The number of hydrogen-bond acceptors (Lipinski definition) is 1. The molecule has 2 N–H and O–H groups in total. The SMILES string of the molecule is Cc1cc(C)[nH+]c(=S)[nH]1.[Br-]. The monoisotopic (exact) mass is 220 g/mol. The van der Waals surface area contributed by atoms with E-state index in [9.17, 15) is 0 Å². The van der Waals surface area contributed by atoms with Crippen LogP contribution in [0.25, 0.3) is 0 Å². The quantitative estimate of drug-likeness (QED) is 0.514. The standard InChI is InChI=1S/C6H8N2S.BrH/c1-4-3-5(2)8-6(9)7-4;/h3H,1-2H3,(H,7,8,9);1H. The molecule has 0 aliphatic heterocycles. The molecule has 1 rings (SSSR count). The fraction of sp³-hybridized carbons (Fsp3) is 0.333. The van der Waals surface area contributed by atoms with Crippen LogP contribution in [0.5, 0.6) is 0 Å². The highest BCUT2D eigenvalue weighted by molar-refractivity contribution is 7.71. The average molecular weight is 221 g/mol. The van der Waals surface area contributed by atoms with Gasteiger partial charge in [0.05, 0.1) is 0 Å². The second-order valence-corrected chi connectivity index (χ2v) is 2.50. The highest BCUT2D eigenvalue weighted by Crippen LogP contribution is 1.89. The van der Waals surface area contributed by atoms with Gasteiger partial charge in [0.25, 0.3) is 0 Å². The molecular formula is C6H9BrN2S. The Labute approximate surface area is 75.5 Å². The molecule has 0 saturated heterocycles. The van der Waals surface area contributed by atoms with E-state index >= 15 is 0 Å². The number of halogens is 1. The van der Waals surface area contributed by atoms with Gasteiger partial charge in [0, 0.05) is 18.3 Å². The zero-order chi connectivity index (χ0) is 6.85. The topological polar surface area (TPSA) is 29.9 Å². The lowest BCUT2D eigenvalue weighted by molar-refractivity contribution is -0.401. The van der Waals surface area contributed by atoms with Crippen LogP contribution in [-0.2, 0) is 0 Å². The van der Waals surface area contributed by atoms with Gasteiger partial charge in [-0.3, -0.25) is 0 Å². The summed E-state index contributed by atoms with van der Waals surface area (Å²) in [6.45, 7) is 3.97. The second-order valence-electron chi connectivity index (χ2n) is 2.09. The summed E-state index contributed by atoms with van der Waals surface area (Å²) >= 11 is 4.88. The van der Waals surface area contributed by atoms with Crippen molar-refractivity contribution in [1.82, 2.24) is 4.98 Å². The molecule has 2 nitrogen and oxygen atoms in total. The molecule has 56 valence electrons. The molecule has 1 heterocycles. The third-order valence-electron chi connectivity index (χ3n) is 1.05. The Bertz CT molecular complexity index is 245. The van der Waals surface area contributed by atoms with Crippen LogP contribution in [0, 0.1) is 18.6 Å². The summed E-state index contributed by atoms with van der Waals surface area (Å²) < 4.78 is 0.688. The van der Waals surface area contributed by atoms with E-state index in [2.05, 4.69) is 9.97 Å². The van der Waals surface area contributed by atoms with Gasteiger partial charge in [-0.05, 0) is 13.8 Å². The first-order chi connectivity index (χ1) is 4.18. The highest BCUT2D eigenvalue weighted by Gasteiger charge is 1.92. The molecule has 0 radical (unpaired) electrons. The fourth-order valence-corrected chi connectivity index (χ4v) is 1.11. The molecule has 0 bridgehead atoms. The van der Waals surface area contributed by atoms with E-state index in [1.165, 1.54) is 0 Å². The smallest absolute Gasteiger partial charge is 0.346 e. The number of nitrogens with one attached hydrogen (secondary N) is 2. The highest BCUT2D eigenvalue weighted by atomic mass is 79.9. The normalized spacial score (nSPS) is 8.60. The van der Waals surface area contributed by atoms with Gasteiger partial charge in [-0.2, -0.15) is 0 Å². The molecule has 0 saturated carbocycles. The van der Waals surface area contributed by atoms with Gasteiger partial charge in [0.15, 0.2) is 0 Å². The molecule has 0 atom stereocenters. The molecule has 1 aromatic heterocycles. The Balaban J connectivity index is 0.000000810. The van der Waals surface area contributed by atoms with Crippen molar-refractivity contribution in [2.24, 2.45) is 0 Å². The minimum atomic E-state index is 0. The number of rotatable bonds is 0. The molecule has 4 heteroatoms. The summed E-state index contributed by atoms with van der Waals surface area (Å²) in [7, 11) is 0. The lowest BCUT2D eigenvalue weighted by Crippen LogP contribution is -3.00. The van der Waals surface area contributed by atoms with E-state index in [1.54, 1.807) is 0 Å². The zero-order valence-electron chi connectivity index (χ0n) is 5.86. The Morgan fingerprint density at radius 1 is 1.50 bits per heavy atom. The maximum Gasteiger partial charge on any atom is 0.346 e. The van der Waals surface area contributed by atoms with Crippen molar-refractivity contribution in [3.8, 4) is 0 Å². The van der Waals surface area contributed by atoms with Crippen molar-refractivity contribution in [2.75, 3.05) is 0 Å². The molecule has 1 aromatic rings. The minimum absolute atomic E-state index is 0. The predicted molar refractivity (Wildman–Crippen MR) is 37.7 cm³/mol. The second kappa shape index (κ2) is 3.83. The first kappa shape index (κ1) is 9.78. The summed E-state index contributed by atoms with van der Waals surface area (Å²) in [6, 6.07) is 2.01. The molecule has 0 aromatic carbocycles. The van der Waals surface area contributed by atoms with E-state index in [-0.39, 0.29) is 17.0 Å². The van der Waals surface area contributed by atoms with Gasteiger partial charge >= 0.3 is 4.77 Å². The Hall–Kier alpha value is -0.220. The Kier molecular flexibility index (Phi) is 3.75. The van der Waals surface area contributed by atoms with E-state index in [4.69, 9.17) is 12.2 Å². The maximum atomic E-state index is 4.88. The lowest BCUT2D eigenvalue weighted by Gasteiger charge is -1.86. The maximum absolute atomic E-state index is 4.88. The number of hydrogen-bond donors (Lipinski definition) is 1. The zero-order valence-corrected chi connectivity index (χ0v) is 8.27. The number of H-pyrrole nitrogens is 2. The number of aryl methyl sites for hydroxylation is 2. The molecule has 0 unspecified atom stereocenters. The van der Waals surface area contributed by atoms with E-state index in [0.717, 1.165) is 11.4 Å². The van der Waals surface area contributed by atoms with Crippen LogP contribution in [0.2, 0.25) is 0 Å². The predicted octanol–water partition coefficient (Wildman–Crippen LogP) is -1.82. The summed E-state index contributed by atoms with van der Waals surface area (Å²) in [4.78, 5) is 5.94. The van der Waals surface area contributed by atoms with Crippen molar-refractivity contribution in [1.29, 1.82) is 0 Å². The van der Waals surface area contributed by atoms with Gasteiger partial charge in [-0.15, -0.1) is 0 Å². The largest absolute Gasteiger partial charge is 1.00 e. The third-order valence-corrected chi connectivity index (χ3v) is 1.26. The van der Waals surface area contributed by atoms with Crippen molar-refractivity contribution < 1.29 is 22.0 Å². The number of aromatic nitrogens is 2. The summed E-state index contributed by atoms with van der Waals surface area (Å²) in [6.07, 6.45) is 0. The number of aromatic amines is 2. The van der Waals surface area contributed by atoms with Crippen LogP contribution in [0.1, 0.15) is 11.4 Å². The van der Waals surface area contributed by atoms with Crippen LogP contribution >= 0.6 is 12.2 Å². The first-order valence-electron chi connectivity index (χ1n) is 2.78. The van der Waals surface area contributed by atoms with Crippen molar-refractivity contribution in [2.45, 2.75) is 13.8 Å². The van der Waals surface area contributed by atoms with E-state index in [1.807, 2.05) is 19.9 Å². The lowest BCUT2D eigenvalue weighted by atomic mass is 10.4. The molecule has 0 aliphatic carbocycles. The van der Waals surface area contributed by atoms with Crippen LogP contribution in [0.3, 0.4) is 0 Å². The Morgan fingerprint density at radius 2 is 2.10 bits per heavy atom.